The lowest BCUT2D eigenvalue weighted by atomic mass is 9.95. The van der Waals surface area contributed by atoms with Crippen molar-refractivity contribution in [1.29, 1.82) is 0 Å². The lowest BCUT2D eigenvalue weighted by molar-refractivity contribution is 0.0749. The Morgan fingerprint density at radius 2 is 1.77 bits per heavy atom. The summed E-state index contributed by atoms with van der Waals surface area (Å²) in [5.74, 6) is 0.278. The summed E-state index contributed by atoms with van der Waals surface area (Å²) in [6.07, 6.45) is 4.42. The summed E-state index contributed by atoms with van der Waals surface area (Å²) in [4.78, 5) is 23.0. The third-order valence-electron chi connectivity index (χ3n) is 9.32. The molecule has 0 aliphatic carbocycles. The van der Waals surface area contributed by atoms with Gasteiger partial charge in [-0.15, -0.1) is 0 Å². The fourth-order valence-corrected chi connectivity index (χ4v) is 6.78. The number of halogens is 2. The highest BCUT2D eigenvalue weighted by atomic mass is 19.1. The number of hydrogen-bond donors (Lipinski definition) is 0. The Labute approximate surface area is 250 Å². The molecule has 0 unspecified atom stereocenters. The van der Waals surface area contributed by atoms with Crippen LogP contribution >= 0.6 is 0 Å². The molecule has 0 saturated carbocycles. The standard InChI is InChI=1S/C33H37F2N7O/c1-21-14-23-15-36-16-28(35)26(23)18-42(21)32-25-10-11-41(30-9-5-7-22-6-4-8-27(34)31(22)30)19-29(25)37-33(38-32)43-20-24-17-39(2)12-13-40(24)3/h4-9,15-16,21,24H,10-14,17-20H2,1-3H3/t21-,24+/m0/s1. The van der Waals surface area contributed by atoms with Crippen molar-refractivity contribution in [1.82, 2.24) is 24.8 Å². The lowest BCUT2D eigenvalue weighted by Gasteiger charge is -2.39. The Balaban J connectivity index is 1.26. The number of rotatable bonds is 5. The molecule has 2 atom stereocenters. The quantitative estimate of drug-likeness (QED) is 0.341. The Hall–Kier alpha value is -3.89. The Kier molecular flexibility index (Phi) is 7.34. The van der Waals surface area contributed by atoms with Crippen LogP contribution in [0, 0.1) is 11.6 Å². The molecular formula is C33H37F2N7O. The van der Waals surface area contributed by atoms with E-state index in [0.717, 1.165) is 53.3 Å². The second-order valence-corrected chi connectivity index (χ2v) is 12.2. The van der Waals surface area contributed by atoms with Crippen molar-refractivity contribution in [3.05, 3.63) is 82.8 Å². The first-order valence-electron chi connectivity index (χ1n) is 15.1. The van der Waals surface area contributed by atoms with Crippen LogP contribution in [0.2, 0.25) is 0 Å². The van der Waals surface area contributed by atoms with Gasteiger partial charge in [-0.3, -0.25) is 9.88 Å². The van der Waals surface area contributed by atoms with Gasteiger partial charge < -0.3 is 19.4 Å². The van der Waals surface area contributed by atoms with E-state index >= 15 is 4.39 Å². The van der Waals surface area contributed by atoms with Crippen molar-refractivity contribution in [3.8, 4) is 6.01 Å². The average Bonchev–Trinajstić information content (AvgIpc) is 3.00. The van der Waals surface area contributed by atoms with Gasteiger partial charge in [-0.05, 0) is 56.9 Å². The molecule has 224 valence electrons. The molecule has 5 heterocycles. The maximum atomic E-state index is 15.1. The molecule has 0 spiro atoms. The summed E-state index contributed by atoms with van der Waals surface area (Å²) in [7, 11) is 4.25. The topological polar surface area (TPSA) is 60.9 Å². The van der Waals surface area contributed by atoms with E-state index in [2.05, 4.69) is 45.6 Å². The van der Waals surface area contributed by atoms with E-state index in [4.69, 9.17) is 14.7 Å². The van der Waals surface area contributed by atoms with Crippen LogP contribution in [-0.2, 0) is 25.9 Å². The fraction of sp³-hybridized carbons (Fsp3) is 0.424. The molecule has 3 aliphatic heterocycles. The van der Waals surface area contributed by atoms with E-state index in [9.17, 15) is 4.39 Å². The maximum Gasteiger partial charge on any atom is 0.318 e. The number of likely N-dealkylation sites (N-methyl/N-ethyl adjacent to an activating group) is 2. The molecule has 0 bridgehead atoms. The molecule has 2 aromatic heterocycles. The summed E-state index contributed by atoms with van der Waals surface area (Å²) < 4.78 is 36.3. The molecule has 4 aromatic rings. The first-order valence-corrected chi connectivity index (χ1v) is 15.1. The van der Waals surface area contributed by atoms with Gasteiger partial charge in [0, 0.05) is 67.2 Å². The van der Waals surface area contributed by atoms with Crippen LogP contribution in [0.25, 0.3) is 10.8 Å². The van der Waals surface area contributed by atoms with E-state index < -0.39 is 0 Å². The maximum absolute atomic E-state index is 15.1. The summed E-state index contributed by atoms with van der Waals surface area (Å²) in [5, 5.41) is 1.49. The highest BCUT2D eigenvalue weighted by Gasteiger charge is 2.33. The number of aromatic nitrogens is 3. The van der Waals surface area contributed by atoms with Gasteiger partial charge in [0.25, 0.3) is 0 Å². The van der Waals surface area contributed by atoms with E-state index in [1.165, 1.54) is 12.3 Å². The smallest absolute Gasteiger partial charge is 0.318 e. The monoisotopic (exact) mass is 585 g/mol. The van der Waals surface area contributed by atoms with Gasteiger partial charge in [-0.1, -0.05) is 24.3 Å². The van der Waals surface area contributed by atoms with E-state index in [0.29, 0.717) is 56.0 Å². The molecule has 10 heteroatoms. The van der Waals surface area contributed by atoms with Gasteiger partial charge in [0.2, 0.25) is 0 Å². The third kappa shape index (κ3) is 5.27. The minimum atomic E-state index is -0.289. The molecule has 8 nitrogen and oxygen atoms in total. The van der Waals surface area contributed by atoms with Crippen LogP contribution in [0.1, 0.15) is 29.3 Å². The van der Waals surface area contributed by atoms with Crippen molar-refractivity contribution in [2.75, 3.05) is 56.7 Å². The Morgan fingerprint density at radius 1 is 0.930 bits per heavy atom. The number of pyridine rings is 1. The zero-order valence-corrected chi connectivity index (χ0v) is 24.9. The van der Waals surface area contributed by atoms with Crippen LogP contribution in [0.4, 0.5) is 20.3 Å². The third-order valence-corrected chi connectivity index (χ3v) is 9.32. The van der Waals surface area contributed by atoms with Crippen LogP contribution in [-0.4, -0.2) is 83.7 Å². The Bertz CT molecular complexity index is 1660. The Morgan fingerprint density at radius 3 is 2.63 bits per heavy atom. The normalized spacial score (nSPS) is 21.1. The van der Waals surface area contributed by atoms with E-state index in [-0.39, 0.29) is 23.7 Å². The number of anilines is 2. The molecule has 43 heavy (non-hydrogen) atoms. The number of fused-ring (bicyclic) bond motifs is 3. The highest BCUT2D eigenvalue weighted by Crippen LogP contribution is 2.37. The van der Waals surface area contributed by atoms with E-state index in [1.54, 1.807) is 12.3 Å². The molecule has 2 aromatic carbocycles. The van der Waals surface area contributed by atoms with Gasteiger partial charge in [-0.25, -0.2) is 8.78 Å². The summed E-state index contributed by atoms with van der Waals surface area (Å²) in [6, 6.07) is 11.7. The zero-order chi connectivity index (χ0) is 29.7. The van der Waals surface area contributed by atoms with E-state index in [1.807, 2.05) is 24.3 Å². The largest absolute Gasteiger partial charge is 0.462 e. The minimum absolute atomic E-state index is 0.0891. The summed E-state index contributed by atoms with van der Waals surface area (Å²) >= 11 is 0. The second-order valence-electron chi connectivity index (χ2n) is 12.2. The van der Waals surface area contributed by atoms with Crippen LogP contribution in [0.15, 0.2) is 48.8 Å². The van der Waals surface area contributed by atoms with Crippen molar-refractivity contribution >= 4 is 22.3 Å². The van der Waals surface area contributed by atoms with Crippen LogP contribution in [0.3, 0.4) is 0 Å². The van der Waals surface area contributed by atoms with Gasteiger partial charge >= 0.3 is 6.01 Å². The van der Waals surface area contributed by atoms with Gasteiger partial charge in [0.1, 0.15) is 24.1 Å². The minimum Gasteiger partial charge on any atom is -0.462 e. The van der Waals surface area contributed by atoms with Crippen molar-refractivity contribution < 1.29 is 13.5 Å². The molecule has 0 N–H and O–H groups in total. The SMILES string of the molecule is C[C@H]1Cc2cncc(F)c2CN1c1nc(OC[C@H]2CN(C)CCN2C)nc2c1CCN(c1cccc3cccc(F)c13)C2. The molecule has 0 amide bonds. The van der Waals surface area contributed by atoms with Gasteiger partial charge in [0.15, 0.2) is 0 Å². The zero-order valence-electron chi connectivity index (χ0n) is 24.9. The number of ether oxygens (including phenoxy) is 1. The molecule has 0 radical (unpaired) electrons. The fourth-order valence-electron chi connectivity index (χ4n) is 6.78. The summed E-state index contributed by atoms with van der Waals surface area (Å²) in [6.45, 7) is 7.11. The van der Waals surface area contributed by atoms with Crippen molar-refractivity contribution in [2.24, 2.45) is 0 Å². The van der Waals surface area contributed by atoms with Gasteiger partial charge in [-0.2, -0.15) is 9.97 Å². The predicted molar refractivity (Wildman–Crippen MR) is 164 cm³/mol. The van der Waals surface area contributed by atoms with Gasteiger partial charge in [0.05, 0.1) is 24.5 Å². The van der Waals surface area contributed by atoms with Crippen molar-refractivity contribution in [2.45, 2.75) is 44.9 Å². The first-order chi connectivity index (χ1) is 20.9. The van der Waals surface area contributed by atoms with Crippen LogP contribution < -0.4 is 14.5 Å². The molecule has 1 fully saturated rings. The first kappa shape index (κ1) is 27.9. The molecular weight excluding hydrogens is 548 g/mol. The predicted octanol–water partition coefficient (Wildman–Crippen LogP) is 4.44. The number of hydrogen-bond acceptors (Lipinski definition) is 8. The number of benzene rings is 2. The number of piperazine rings is 1. The van der Waals surface area contributed by atoms with Crippen molar-refractivity contribution in [3.63, 3.8) is 0 Å². The van der Waals surface area contributed by atoms with Crippen LogP contribution in [0.5, 0.6) is 6.01 Å². The molecule has 3 aliphatic rings. The molecule has 7 rings (SSSR count). The average molecular weight is 586 g/mol. The molecule has 1 saturated heterocycles. The second kappa shape index (κ2) is 11.3. The summed E-state index contributed by atoms with van der Waals surface area (Å²) in [5.41, 5.74) is 4.37. The number of nitrogens with zero attached hydrogens (tertiary/aromatic N) is 7. The lowest BCUT2D eigenvalue weighted by Crippen LogP contribution is -2.52. The highest BCUT2D eigenvalue weighted by molar-refractivity contribution is 5.95.